The van der Waals surface area contributed by atoms with E-state index >= 15 is 8.78 Å². The first-order valence-electron chi connectivity index (χ1n) is 10.2. The van der Waals surface area contributed by atoms with Gasteiger partial charge in [-0.3, -0.25) is 0 Å². The van der Waals surface area contributed by atoms with Crippen LogP contribution in [-0.4, -0.2) is 59.9 Å². The van der Waals surface area contributed by atoms with Crippen molar-refractivity contribution in [1.29, 1.82) is 0 Å². The van der Waals surface area contributed by atoms with Crippen LogP contribution in [0.4, 0.5) is 14.6 Å². The van der Waals surface area contributed by atoms with Gasteiger partial charge in [0.25, 0.3) is 0 Å². The largest absolute Gasteiger partial charge is 0.353 e. The van der Waals surface area contributed by atoms with E-state index in [4.69, 9.17) is 4.63 Å². The van der Waals surface area contributed by atoms with Crippen LogP contribution in [0.1, 0.15) is 29.2 Å². The number of nitrogens with zero attached hydrogens (tertiary/aromatic N) is 8. The minimum absolute atomic E-state index is 0.142. The molecule has 1 saturated heterocycles. The Morgan fingerprint density at radius 3 is 2.73 bits per heavy atom. The molecule has 0 saturated carbocycles. The number of alkyl halides is 2. The summed E-state index contributed by atoms with van der Waals surface area (Å²) in [6.07, 6.45) is 2.96. The lowest BCUT2D eigenvalue weighted by atomic mass is 10.1. The summed E-state index contributed by atoms with van der Waals surface area (Å²) in [5, 5.41) is 16.4. The molecule has 1 unspecified atom stereocenters. The first-order chi connectivity index (χ1) is 16.0. The molecule has 1 atom stereocenters. The zero-order valence-electron chi connectivity index (χ0n) is 17.9. The fraction of sp³-hybridized carbons (Fsp3) is 0.400. The van der Waals surface area contributed by atoms with Gasteiger partial charge in [0.15, 0.2) is 17.0 Å². The summed E-state index contributed by atoms with van der Waals surface area (Å²) >= 11 is 0. The molecule has 0 radical (unpaired) electrons. The molecule has 4 aromatic rings. The van der Waals surface area contributed by atoms with Gasteiger partial charge in [0.1, 0.15) is 11.4 Å². The maximum atomic E-state index is 15.5. The van der Waals surface area contributed by atoms with E-state index < -0.39 is 11.7 Å². The normalized spacial score (nSPS) is 16.7. The van der Waals surface area contributed by atoms with Crippen LogP contribution in [0.5, 0.6) is 0 Å². The Bertz CT molecular complexity index is 1270. The van der Waals surface area contributed by atoms with Crippen LogP contribution >= 0.6 is 21.6 Å². The smallest absolute Gasteiger partial charge is 0.331 e. The fourth-order valence-electron chi connectivity index (χ4n) is 3.76. The van der Waals surface area contributed by atoms with E-state index in [1.807, 2.05) is 11.2 Å². The van der Waals surface area contributed by atoms with Crippen LogP contribution in [-0.2, 0) is 12.5 Å². The van der Waals surface area contributed by atoms with Crippen molar-refractivity contribution in [2.45, 2.75) is 31.1 Å². The van der Waals surface area contributed by atoms with E-state index in [1.54, 1.807) is 46.7 Å². The van der Waals surface area contributed by atoms with Crippen LogP contribution in [0.15, 0.2) is 35.0 Å². The molecule has 1 aromatic carbocycles. The molecule has 3 aromatic heterocycles. The van der Waals surface area contributed by atoms with E-state index in [2.05, 4.69) is 30.6 Å². The van der Waals surface area contributed by atoms with Gasteiger partial charge >= 0.3 is 5.92 Å². The van der Waals surface area contributed by atoms with E-state index in [-0.39, 0.29) is 17.8 Å². The summed E-state index contributed by atoms with van der Waals surface area (Å²) in [4.78, 5) is 10.6. The topological polar surface area (TPSA) is 98.7 Å². The number of hydrogen-bond acceptors (Lipinski definition) is 10. The molecule has 0 amide bonds. The van der Waals surface area contributed by atoms with E-state index in [0.29, 0.717) is 41.1 Å². The van der Waals surface area contributed by atoms with E-state index in [9.17, 15) is 0 Å². The minimum Gasteiger partial charge on any atom is -0.353 e. The van der Waals surface area contributed by atoms with Crippen molar-refractivity contribution in [3.63, 3.8) is 0 Å². The third kappa shape index (κ3) is 4.14. The standard InChI is InChI=1S/C20H20F2N8OS2/c1-12-15(27-31-26-12)11-30-18-16(25-28-30)17(29-9-8-14(10-29)33-32-2)23-19(24-18)20(21,22)13-6-4-3-5-7-13/h3-7,14H,8-11H2,1-2H3. The molecule has 5 rings (SSSR count). The number of aryl methyl sites for hydroxylation is 1. The number of fused-ring (bicyclic) bond motifs is 1. The Labute approximate surface area is 195 Å². The van der Waals surface area contributed by atoms with Crippen molar-refractivity contribution < 1.29 is 13.4 Å². The summed E-state index contributed by atoms with van der Waals surface area (Å²) in [5.74, 6) is -3.61. The Morgan fingerprint density at radius 1 is 1.18 bits per heavy atom. The molecule has 0 bridgehead atoms. The van der Waals surface area contributed by atoms with Gasteiger partial charge in [0, 0.05) is 23.9 Å². The molecular weight excluding hydrogens is 470 g/mol. The average molecular weight is 491 g/mol. The van der Waals surface area contributed by atoms with Gasteiger partial charge in [0.2, 0.25) is 5.82 Å². The number of rotatable bonds is 7. The van der Waals surface area contributed by atoms with Crippen LogP contribution < -0.4 is 4.90 Å². The highest BCUT2D eigenvalue weighted by atomic mass is 33.1. The molecule has 1 aliphatic heterocycles. The second-order valence-corrected chi connectivity index (χ2v) is 10.4. The Hall–Kier alpha value is -2.80. The molecule has 1 aliphatic rings. The van der Waals surface area contributed by atoms with Gasteiger partial charge in [-0.15, -0.1) is 5.10 Å². The number of hydrogen-bond donors (Lipinski definition) is 0. The van der Waals surface area contributed by atoms with Gasteiger partial charge in [-0.2, -0.15) is 8.78 Å². The molecule has 13 heteroatoms. The number of halogens is 2. The molecule has 4 heterocycles. The molecular formula is C20H20F2N8OS2. The quantitative estimate of drug-likeness (QED) is 0.357. The van der Waals surface area contributed by atoms with Crippen molar-refractivity contribution in [1.82, 2.24) is 35.3 Å². The van der Waals surface area contributed by atoms with Crippen LogP contribution in [0, 0.1) is 6.92 Å². The average Bonchev–Trinajstić information content (AvgIpc) is 3.55. The van der Waals surface area contributed by atoms with Crippen molar-refractivity contribution >= 4 is 38.6 Å². The first-order valence-corrected chi connectivity index (χ1v) is 12.9. The van der Waals surface area contributed by atoms with Crippen molar-refractivity contribution in [3.8, 4) is 0 Å². The highest BCUT2D eigenvalue weighted by molar-refractivity contribution is 8.76. The Morgan fingerprint density at radius 2 is 2.00 bits per heavy atom. The van der Waals surface area contributed by atoms with Crippen molar-refractivity contribution in [2.24, 2.45) is 0 Å². The summed E-state index contributed by atoms with van der Waals surface area (Å²) in [6.45, 7) is 3.27. The van der Waals surface area contributed by atoms with Gasteiger partial charge < -0.3 is 4.90 Å². The summed E-state index contributed by atoms with van der Waals surface area (Å²) in [7, 11) is 3.47. The van der Waals surface area contributed by atoms with E-state index in [0.717, 1.165) is 6.42 Å². The highest BCUT2D eigenvalue weighted by Crippen LogP contribution is 2.38. The zero-order chi connectivity index (χ0) is 23.0. The van der Waals surface area contributed by atoms with Gasteiger partial charge in [-0.05, 0) is 19.6 Å². The monoisotopic (exact) mass is 490 g/mol. The highest BCUT2D eigenvalue weighted by Gasteiger charge is 2.40. The Balaban J connectivity index is 1.63. The van der Waals surface area contributed by atoms with Crippen LogP contribution in [0.25, 0.3) is 11.2 Å². The van der Waals surface area contributed by atoms with E-state index in [1.165, 1.54) is 16.8 Å². The summed E-state index contributed by atoms with van der Waals surface area (Å²) < 4.78 is 37.2. The number of benzene rings is 1. The molecule has 1 fully saturated rings. The summed E-state index contributed by atoms with van der Waals surface area (Å²) in [5.41, 5.74) is 1.53. The van der Waals surface area contributed by atoms with Crippen molar-refractivity contribution in [3.05, 3.63) is 53.1 Å². The zero-order valence-corrected chi connectivity index (χ0v) is 19.5. The first kappa shape index (κ1) is 22.0. The number of anilines is 1. The second-order valence-electron chi connectivity index (χ2n) is 7.65. The fourth-order valence-corrected chi connectivity index (χ4v) is 5.76. The Kier molecular flexibility index (Phi) is 5.91. The predicted octanol–water partition coefficient (Wildman–Crippen LogP) is 3.69. The van der Waals surface area contributed by atoms with Crippen LogP contribution in [0.3, 0.4) is 0 Å². The lowest BCUT2D eigenvalue weighted by Crippen LogP contribution is -2.26. The molecule has 9 nitrogen and oxygen atoms in total. The van der Waals surface area contributed by atoms with Gasteiger partial charge in [-0.1, -0.05) is 67.4 Å². The maximum absolute atomic E-state index is 15.5. The van der Waals surface area contributed by atoms with Gasteiger partial charge in [0.05, 0.1) is 6.54 Å². The SMILES string of the molecule is CSSC1CCN(c2nc(C(F)(F)c3ccccc3)nc3c2nnn3Cc2nonc2C)C1. The third-order valence-electron chi connectivity index (χ3n) is 5.48. The number of aromatic nitrogens is 7. The lowest BCUT2D eigenvalue weighted by molar-refractivity contribution is 0.0332. The molecule has 172 valence electrons. The van der Waals surface area contributed by atoms with Crippen molar-refractivity contribution in [2.75, 3.05) is 24.2 Å². The minimum atomic E-state index is -3.39. The summed E-state index contributed by atoms with van der Waals surface area (Å²) in [6, 6.07) is 7.57. The molecule has 0 N–H and O–H groups in total. The second kappa shape index (κ2) is 8.86. The molecule has 0 aliphatic carbocycles. The predicted molar refractivity (Wildman–Crippen MR) is 122 cm³/mol. The third-order valence-corrected chi connectivity index (χ3v) is 7.73. The molecule has 0 spiro atoms. The lowest BCUT2D eigenvalue weighted by Gasteiger charge is -2.21. The molecule has 33 heavy (non-hydrogen) atoms. The van der Waals surface area contributed by atoms with Crippen LogP contribution in [0.2, 0.25) is 0 Å². The van der Waals surface area contributed by atoms with Gasteiger partial charge in [-0.25, -0.2) is 19.3 Å². The maximum Gasteiger partial charge on any atom is 0.331 e.